The Bertz CT molecular complexity index is 1330. The summed E-state index contributed by atoms with van der Waals surface area (Å²) in [5.41, 5.74) is 3.30. The van der Waals surface area contributed by atoms with Gasteiger partial charge < -0.3 is 19.8 Å². The summed E-state index contributed by atoms with van der Waals surface area (Å²) in [4.78, 5) is 48.1. The number of carbonyl (C=O) groups excluding carboxylic acids is 2. The summed E-state index contributed by atoms with van der Waals surface area (Å²) in [5.74, 6) is -1.10. The first kappa shape index (κ1) is 29.2. The monoisotopic (exact) mass is 568 g/mol. The number of aliphatic carboxylic acids is 1. The van der Waals surface area contributed by atoms with Crippen LogP contribution in [0.4, 0.5) is 21.0 Å². The van der Waals surface area contributed by atoms with Crippen LogP contribution in [0.3, 0.4) is 0 Å². The first-order chi connectivity index (χ1) is 20.3. The Morgan fingerprint density at radius 1 is 0.905 bits per heavy atom. The number of carboxylic acids is 1. The van der Waals surface area contributed by atoms with Crippen molar-refractivity contribution in [2.75, 3.05) is 18.0 Å². The standard InChI is InChI=1S/C34H40N4O4/c1-4-24(2)20-21-25(3)29-19-12-22-35(29)33(41)38-28-17-11-18-30(38)31(32(39)40)36(23-28)34(42)37(26-13-7-5-8-14-26)27-15-9-6-10-16-27/h4-10,13-16,20-21,28-31H,3,11-12,17-19,22-23H2,1-2H3,(H,39,40)/b21-20-,24-4-/t28-,29+,30+,31-/m0/s1. The summed E-state index contributed by atoms with van der Waals surface area (Å²) < 4.78 is 0. The van der Waals surface area contributed by atoms with Crippen LogP contribution in [0.1, 0.15) is 46.0 Å². The van der Waals surface area contributed by atoms with Crippen LogP contribution in [-0.2, 0) is 4.79 Å². The van der Waals surface area contributed by atoms with E-state index in [1.807, 2.05) is 97.6 Å². The van der Waals surface area contributed by atoms with Crippen molar-refractivity contribution in [3.05, 3.63) is 96.6 Å². The largest absolute Gasteiger partial charge is 0.480 e. The quantitative estimate of drug-likeness (QED) is 0.398. The average molecular weight is 569 g/mol. The maximum Gasteiger partial charge on any atom is 0.329 e. The molecule has 2 bridgehead atoms. The van der Waals surface area contributed by atoms with Crippen molar-refractivity contribution in [2.24, 2.45) is 0 Å². The summed E-state index contributed by atoms with van der Waals surface area (Å²) in [6, 6.07) is 15.8. The van der Waals surface area contributed by atoms with Crippen LogP contribution < -0.4 is 4.90 Å². The number of piperazine rings is 1. The van der Waals surface area contributed by atoms with Gasteiger partial charge in [-0.15, -0.1) is 0 Å². The van der Waals surface area contributed by atoms with E-state index in [4.69, 9.17) is 0 Å². The maximum atomic E-state index is 14.3. The smallest absolute Gasteiger partial charge is 0.329 e. The molecule has 1 N–H and O–H groups in total. The fraction of sp³-hybridized carbons (Fsp3) is 0.382. The van der Waals surface area contributed by atoms with Gasteiger partial charge >= 0.3 is 18.0 Å². The zero-order chi connectivity index (χ0) is 29.8. The number of para-hydroxylation sites is 2. The lowest BCUT2D eigenvalue weighted by Crippen LogP contribution is -2.72. The van der Waals surface area contributed by atoms with Gasteiger partial charge in [0.05, 0.1) is 29.5 Å². The minimum atomic E-state index is -1.16. The highest BCUT2D eigenvalue weighted by Gasteiger charge is 2.53. The van der Waals surface area contributed by atoms with Crippen LogP contribution in [0.5, 0.6) is 0 Å². The van der Waals surface area contributed by atoms with E-state index in [9.17, 15) is 19.5 Å². The van der Waals surface area contributed by atoms with Crippen molar-refractivity contribution in [3.8, 4) is 0 Å². The van der Waals surface area contributed by atoms with E-state index in [1.54, 1.807) is 9.80 Å². The van der Waals surface area contributed by atoms with Crippen molar-refractivity contribution < 1.29 is 19.5 Å². The van der Waals surface area contributed by atoms with Crippen molar-refractivity contribution in [3.63, 3.8) is 0 Å². The number of fused-ring (bicyclic) bond motifs is 2. The second-order valence-electron chi connectivity index (χ2n) is 11.4. The summed E-state index contributed by atoms with van der Waals surface area (Å²) in [6.45, 7) is 9.03. The normalized spacial score (nSPS) is 24.1. The number of carbonyl (C=O) groups is 3. The number of nitrogens with zero attached hydrogens (tertiary/aromatic N) is 4. The number of hydrogen-bond acceptors (Lipinski definition) is 3. The highest BCUT2D eigenvalue weighted by Crippen LogP contribution is 2.38. The molecular formula is C34H40N4O4. The lowest BCUT2D eigenvalue weighted by atomic mass is 9.86. The third-order valence-corrected chi connectivity index (χ3v) is 8.78. The molecule has 8 nitrogen and oxygen atoms in total. The van der Waals surface area contributed by atoms with Gasteiger partial charge in [-0.25, -0.2) is 14.4 Å². The van der Waals surface area contributed by atoms with Gasteiger partial charge in [0.1, 0.15) is 0 Å². The number of benzene rings is 2. The Hall–Kier alpha value is -4.33. The zero-order valence-electron chi connectivity index (χ0n) is 24.4. The van der Waals surface area contributed by atoms with Crippen molar-refractivity contribution in [1.82, 2.24) is 14.7 Å². The molecule has 220 valence electrons. The number of rotatable bonds is 6. The summed E-state index contributed by atoms with van der Waals surface area (Å²) in [6.07, 6.45) is 9.75. The Kier molecular flexibility index (Phi) is 8.80. The van der Waals surface area contributed by atoms with Crippen molar-refractivity contribution >= 4 is 29.4 Å². The molecular weight excluding hydrogens is 528 g/mol. The van der Waals surface area contributed by atoms with Gasteiger partial charge in [-0.1, -0.05) is 66.8 Å². The van der Waals surface area contributed by atoms with E-state index in [2.05, 4.69) is 6.58 Å². The van der Waals surface area contributed by atoms with E-state index in [0.29, 0.717) is 24.3 Å². The first-order valence-electron chi connectivity index (χ1n) is 14.8. The molecule has 5 rings (SSSR count). The van der Waals surface area contributed by atoms with Crippen LogP contribution >= 0.6 is 0 Å². The molecule has 0 unspecified atom stereocenters. The van der Waals surface area contributed by atoms with Crippen LogP contribution in [0.2, 0.25) is 0 Å². The summed E-state index contributed by atoms with van der Waals surface area (Å²) >= 11 is 0. The topological polar surface area (TPSA) is 84.4 Å². The second kappa shape index (κ2) is 12.7. The molecule has 0 aliphatic carbocycles. The zero-order valence-corrected chi connectivity index (χ0v) is 24.4. The SMILES string of the molecule is C=C(/C=C\C(C)=C/C)[C@H]1CCCN1C(=O)N1[C@H]2CCC[C@@H]1[C@@H](C(=O)O)N(C(=O)N(c1ccccc1)c1ccccc1)C2. The third kappa shape index (κ3) is 5.71. The molecule has 2 aromatic carbocycles. The maximum absolute atomic E-state index is 14.3. The van der Waals surface area contributed by atoms with E-state index in [1.165, 1.54) is 4.90 Å². The van der Waals surface area contributed by atoms with Gasteiger partial charge in [0, 0.05) is 13.1 Å². The minimum absolute atomic E-state index is 0.131. The number of anilines is 2. The molecule has 3 aliphatic rings. The Morgan fingerprint density at radius 2 is 1.55 bits per heavy atom. The highest BCUT2D eigenvalue weighted by atomic mass is 16.4. The van der Waals surface area contributed by atoms with Gasteiger partial charge in [-0.2, -0.15) is 0 Å². The van der Waals surface area contributed by atoms with Gasteiger partial charge in [-0.05, 0) is 75.8 Å². The molecule has 3 heterocycles. The number of likely N-dealkylation sites (tertiary alicyclic amines) is 2. The second-order valence-corrected chi connectivity index (χ2v) is 11.4. The number of carboxylic acid groups (broad SMARTS) is 1. The highest BCUT2D eigenvalue weighted by molar-refractivity contribution is 6.01. The van der Waals surface area contributed by atoms with E-state index in [0.717, 1.165) is 36.8 Å². The predicted molar refractivity (Wildman–Crippen MR) is 165 cm³/mol. The first-order valence-corrected chi connectivity index (χ1v) is 14.8. The van der Waals surface area contributed by atoms with Gasteiger partial charge in [-0.3, -0.25) is 4.90 Å². The number of hydrogen-bond donors (Lipinski definition) is 1. The van der Waals surface area contributed by atoms with E-state index < -0.39 is 24.1 Å². The molecule has 3 saturated heterocycles. The molecule has 2 aromatic rings. The van der Waals surface area contributed by atoms with Crippen LogP contribution in [0.25, 0.3) is 0 Å². The lowest BCUT2D eigenvalue weighted by molar-refractivity contribution is -0.148. The minimum Gasteiger partial charge on any atom is -0.480 e. The predicted octanol–water partition coefficient (Wildman–Crippen LogP) is 6.60. The van der Waals surface area contributed by atoms with E-state index in [-0.39, 0.29) is 24.7 Å². The van der Waals surface area contributed by atoms with Crippen LogP contribution in [0.15, 0.2) is 96.6 Å². The molecule has 3 fully saturated rings. The molecule has 0 saturated carbocycles. The Labute approximate surface area is 248 Å². The Morgan fingerprint density at radius 3 is 2.14 bits per heavy atom. The third-order valence-electron chi connectivity index (χ3n) is 8.78. The number of allylic oxidation sites excluding steroid dienone is 3. The van der Waals surface area contributed by atoms with Crippen molar-refractivity contribution in [2.45, 2.75) is 70.1 Å². The summed E-state index contributed by atoms with van der Waals surface area (Å²) in [5, 5.41) is 10.6. The van der Waals surface area contributed by atoms with E-state index >= 15 is 0 Å². The fourth-order valence-corrected chi connectivity index (χ4v) is 6.57. The molecule has 0 aromatic heterocycles. The van der Waals surface area contributed by atoms with Crippen LogP contribution in [-0.4, -0.2) is 75.1 Å². The molecule has 8 heteroatoms. The van der Waals surface area contributed by atoms with Gasteiger partial charge in [0.15, 0.2) is 6.04 Å². The van der Waals surface area contributed by atoms with Gasteiger partial charge in [0.25, 0.3) is 0 Å². The van der Waals surface area contributed by atoms with Crippen molar-refractivity contribution in [1.29, 1.82) is 0 Å². The molecule has 42 heavy (non-hydrogen) atoms. The van der Waals surface area contributed by atoms with Gasteiger partial charge in [0.2, 0.25) is 0 Å². The number of urea groups is 2. The fourth-order valence-electron chi connectivity index (χ4n) is 6.57. The van der Waals surface area contributed by atoms with Crippen LogP contribution in [0, 0.1) is 0 Å². The molecule has 0 spiro atoms. The summed E-state index contributed by atoms with van der Waals surface area (Å²) in [7, 11) is 0. The molecule has 0 radical (unpaired) electrons. The molecule has 4 amide bonds. The Balaban J connectivity index is 1.45. The molecule has 4 atom stereocenters. The lowest BCUT2D eigenvalue weighted by Gasteiger charge is -2.54. The molecule has 3 aliphatic heterocycles. The average Bonchev–Trinajstić information content (AvgIpc) is 3.50. The number of piperidine rings is 1. The number of amides is 4.